The van der Waals surface area contributed by atoms with Crippen LogP contribution in [0.2, 0.25) is 0 Å². The van der Waals surface area contributed by atoms with Crippen molar-refractivity contribution in [3.8, 4) is 45.3 Å². The molecule has 0 N–H and O–H groups in total. The van der Waals surface area contributed by atoms with Crippen molar-refractivity contribution in [3.05, 3.63) is 212 Å². The molecule has 0 amide bonds. The minimum atomic E-state index is -2.69. The van der Waals surface area contributed by atoms with Crippen molar-refractivity contribution in [2.45, 2.75) is 0 Å². The van der Waals surface area contributed by atoms with Crippen molar-refractivity contribution in [2.75, 3.05) is 0 Å². The highest BCUT2D eigenvalue weighted by molar-refractivity contribution is 7.26. The standard InChI is InChI=1S/C51H35N3SSi/c1-5-17-36(18-6-1)38-19-15-20-39(35-38)50-52-49(53-51(54-50)45-28-16-30-47-48(45)44-27-13-14-29-46(44)55-47)37-31-33-43(34-32-37)56(40-21-7-2-8-22-40,41-23-9-3-10-24-41)42-25-11-4-12-26-42/h1-35H. The molecular weight excluding hydrogens is 715 g/mol. The molecule has 0 aliphatic carbocycles. The van der Waals surface area contributed by atoms with E-state index in [0.29, 0.717) is 17.5 Å². The van der Waals surface area contributed by atoms with Crippen LogP contribution in [0.5, 0.6) is 0 Å². The van der Waals surface area contributed by atoms with Gasteiger partial charge in [-0.3, -0.25) is 0 Å². The van der Waals surface area contributed by atoms with Crippen molar-refractivity contribution in [3.63, 3.8) is 0 Å². The molecule has 0 unspecified atom stereocenters. The Labute approximate surface area is 331 Å². The van der Waals surface area contributed by atoms with Gasteiger partial charge in [0.15, 0.2) is 25.5 Å². The molecule has 0 bridgehead atoms. The first kappa shape index (κ1) is 33.8. The van der Waals surface area contributed by atoms with Crippen molar-refractivity contribution in [2.24, 2.45) is 0 Å². The number of hydrogen-bond donors (Lipinski definition) is 0. The van der Waals surface area contributed by atoms with Gasteiger partial charge in [0.2, 0.25) is 0 Å². The summed E-state index contributed by atoms with van der Waals surface area (Å²) in [6, 6.07) is 76.1. The summed E-state index contributed by atoms with van der Waals surface area (Å²) in [5, 5.41) is 7.70. The summed E-state index contributed by atoms with van der Waals surface area (Å²) in [4.78, 5) is 15.7. The first-order valence-electron chi connectivity index (χ1n) is 18.9. The molecule has 2 aromatic heterocycles. The van der Waals surface area contributed by atoms with E-state index in [1.54, 1.807) is 11.3 Å². The summed E-state index contributed by atoms with van der Waals surface area (Å²) < 4.78 is 2.46. The molecule has 0 saturated heterocycles. The van der Waals surface area contributed by atoms with E-state index in [-0.39, 0.29) is 0 Å². The Morgan fingerprint density at radius 1 is 0.321 bits per heavy atom. The summed E-state index contributed by atoms with van der Waals surface area (Å²) >= 11 is 1.80. The maximum atomic E-state index is 5.28. The van der Waals surface area contributed by atoms with Crippen molar-refractivity contribution in [1.29, 1.82) is 0 Å². The molecule has 10 rings (SSSR count). The minimum absolute atomic E-state index is 0.643. The number of fused-ring (bicyclic) bond motifs is 3. The SMILES string of the molecule is c1ccc(-c2cccc(-c3nc(-c4ccc([Si](c5ccccc5)(c5ccccc5)c5ccccc5)cc4)nc(-c4cccc5sc6ccccc6c45)n3)c2)cc1. The molecule has 56 heavy (non-hydrogen) atoms. The van der Waals surface area contributed by atoms with Gasteiger partial charge in [0, 0.05) is 36.9 Å². The maximum Gasteiger partial charge on any atom is 0.179 e. The van der Waals surface area contributed by atoms with Crippen LogP contribution in [0.3, 0.4) is 0 Å². The van der Waals surface area contributed by atoms with E-state index in [1.807, 2.05) is 6.07 Å². The van der Waals surface area contributed by atoms with Gasteiger partial charge >= 0.3 is 0 Å². The first-order valence-corrected chi connectivity index (χ1v) is 21.7. The minimum Gasteiger partial charge on any atom is -0.208 e. The van der Waals surface area contributed by atoms with Gasteiger partial charge in [0.25, 0.3) is 0 Å². The van der Waals surface area contributed by atoms with Gasteiger partial charge in [-0.05, 0) is 50.1 Å². The van der Waals surface area contributed by atoms with Crippen molar-refractivity contribution < 1.29 is 0 Å². The number of nitrogens with zero attached hydrogens (tertiary/aromatic N) is 3. The molecule has 5 heteroatoms. The molecule has 0 saturated carbocycles. The highest BCUT2D eigenvalue weighted by Gasteiger charge is 2.41. The Bertz CT molecular complexity index is 2850. The van der Waals surface area contributed by atoms with E-state index in [2.05, 4.69) is 206 Å². The molecule has 0 aliphatic heterocycles. The van der Waals surface area contributed by atoms with Gasteiger partial charge in [-0.1, -0.05) is 194 Å². The van der Waals surface area contributed by atoms with Crippen LogP contribution in [0.15, 0.2) is 212 Å². The van der Waals surface area contributed by atoms with Crippen molar-refractivity contribution >= 4 is 60.3 Å². The topological polar surface area (TPSA) is 38.7 Å². The molecule has 2 heterocycles. The van der Waals surface area contributed by atoms with Gasteiger partial charge in [-0.2, -0.15) is 0 Å². The maximum absolute atomic E-state index is 5.28. The molecule has 10 aromatic rings. The summed E-state index contributed by atoms with van der Waals surface area (Å²) in [6.07, 6.45) is 0. The van der Waals surface area contributed by atoms with E-state index < -0.39 is 8.07 Å². The van der Waals surface area contributed by atoms with Crippen LogP contribution in [0.25, 0.3) is 65.5 Å². The van der Waals surface area contributed by atoms with Crippen LogP contribution >= 0.6 is 11.3 Å². The van der Waals surface area contributed by atoms with E-state index in [9.17, 15) is 0 Å². The lowest BCUT2D eigenvalue weighted by Gasteiger charge is -2.34. The Kier molecular flexibility index (Phi) is 8.71. The van der Waals surface area contributed by atoms with E-state index in [1.165, 1.54) is 40.9 Å². The highest BCUT2D eigenvalue weighted by Crippen LogP contribution is 2.39. The fraction of sp³-hybridized carbons (Fsp3) is 0. The third kappa shape index (κ3) is 5.94. The third-order valence-corrected chi connectivity index (χ3v) is 16.6. The summed E-state index contributed by atoms with van der Waals surface area (Å²) in [5.74, 6) is 1.95. The van der Waals surface area contributed by atoms with Crippen molar-refractivity contribution in [1.82, 2.24) is 15.0 Å². The second-order valence-corrected chi connectivity index (χ2v) is 18.8. The van der Waals surface area contributed by atoms with E-state index in [0.717, 1.165) is 27.8 Å². The number of thiophene rings is 1. The van der Waals surface area contributed by atoms with Crippen LogP contribution in [-0.2, 0) is 0 Å². The average molecular weight is 750 g/mol. The molecule has 3 nitrogen and oxygen atoms in total. The predicted octanol–water partition coefficient (Wildman–Crippen LogP) is 10.3. The third-order valence-electron chi connectivity index (χ3n) is 10.7. The zero-order valence-corrected chi connectivity index (χ0v) is 32.3. The van der Waals surface area contributed by atoms with Gasteiger partial charge < -0.3 is 0 Å². The van der Waals surface area contributed by atoms with Gasteiger partial charge in [0.05, 0.1) is 0 Å². The molecule has 0 spiro atoms. The van der Waals surface area contributed by atoms with Crippen LogP contribution in [0.1, 0.15) is 0 Å². The molecule has 264 valence electrons. The monoisotopic (exact) mass is 749 g/mol. The van der Waals surface area contributed by atoms with E-state index >= 15 is 0 Å². The molecule has 8 aromatic carbocycles. The Morgan fingerprint density at radius 2 is 0.786 bits per heavy atom. The van der Waals surface area contributed by atoms with Gasteiger partial charge in [-0.15, -0.1) is 11.3 Å². The first-order chi connectivity index (χ1) is 27.8. The number of rotatable bonds is 8. The highest BCUT2D eigenvalue weighted by atomic mass is 32.1. The lowest BCUT2D eigenvalue weighted by molar-refractivity contribution is 1.08. The Hall–Kier alpha value is -6.79. The molecule has 0 atom stereocenters. The zero-order valence-electron chi connectivity index (χ0n) is 30.5. The Morgan fingerprint density at radius 3 is 1.43 bits per heavy atom. The zero-order chi connectivity index (χ0) is 37.3. The number of hydrogen-bond acceptors (Lipinski definition) is 4. The largest absolute Gasteiger partial charge is 0.208 e. The Balaban J connectivity index is 1.17. The average Bonchev–Trinajstić information content (AvgIpc) is 3.67. The lowest BCUT2D eigenvalue weighted by Crippen LogP contribution is -2.74. The predicted molar refractivity (Wildman–Crippen MR) is 238 cm³/mol. The molecule has 0 radical (unpaired) electrons. The fourth-order valence-electron chi connectivity index (χ4n) is 8.12. The molecule has 0 aliphatic rings. The van der Waals surface area contributed by atoms with Gasteiger partial charge in [0.1, 0.15) is 0 Å². The van der Waals surface area contributed by atoms with Gasteiger partial charge in [-0.25, -0.2) is 15.0 Å². The summed E-state index contributed by atoms with van der Waals surface area (Å²) in [7, 11) is -2.69. The van der Waals surface area contributed by atoms with Crippen LogP contribution in [0, 0.1) is 0 Å². The fourth-order valence-corrected chi connectivity index (χ4v) is 14.0. The molecular formula is C51H35N3SSi. The summed E-state index contributed by atoms with van der Waals surface area (Å²) in [6.45, 7) is 0. The second-order valence-electron chi connectivity index (χ2n) is 14.0. The lowest BCUT2D eigenvalue weighted by atomic mass is 10.0. The number of benzene rings is 8. The van der Waals surface area contributed by atoms with E-state index in [4.69, 9.17) is 15.0 Å². The van der Waals surface area contributed by atoms with Crippen LogP contribution in [0.4, 0.5) is 0 Å². The smallest absolute Gasteiger partial charge is 0.179 e. The van der Waals surface area contributed by atoms with Crippen LogP contribution < -0.4 is 20.7 Å². The normalized spacial score (nSPS) is 11.6. The van der Waals surface area contributed by atoms with Crippen LogP contribution in [-0.4, -0.2) is 23.0 Å². The number of aromatic nitrogens is 3. The second kappa shape index (κ2) is 14.5. The molecule has 0 fully saturated rings. The quantitative estimate of drug-likeness (QED) is 0.115. The summed E-state index contributed by atoms with van der Waals surface area (Å²) in [5.41, 5.74) is 5.16.